The predicted octanol–water partition coefficient (Wildman–Crippen LogP) is 1.72. The van der Waals surface area contributed by atoms with Gasteiger partial charge >= 0.3 is 0 Å². The van der Waals surface area contributed by atoms with Gasteiger partial charge in [0.25, 0.3) is 5.56 Å². The molecule has 1 aliphatic carbocycles. The molecule has 0 aliphatic heterocycles. The number of carbonyl (C=O) groups is 2. The summed E-state index contributed by atoms with van der Waals surface area (Å²) in [5.74, 6) is 0.339. The van der Waals surface area contributed by atoms with Crippen LogP contribution in [0.4, 0.5) is 0 Å². The Hall–Kier alpha value is -2.21. The monoisotopic (exact) mass is 314 g/mol. The number of hydrogen-bond acceptors (Lipinski definition) is 5. The van der Waals surface area contributed by atoms with E-state index in [0.29, 0.717) is 29.3 Å². The summed E-state index contributed by atoms with van der Waals surface area (Å²) in [6.07, 6.45) is 0.878. The molecule has 0 bridgehead atoms. The van der Waals surface area contributed by atoms with Crippen molar-refractivity contribution in [2.75, 3.05) is 5.75 Å². The highest BCUT2D eigenvalue weighted by Gasteiger charge is 2.19. The molecule has 1 aromatic heterocycles. The number of fused-ring (bicyclic) bond motifs is 1. The summed E-state index contributed by atoms with van der Waals surface area (Å²) < 4.78 is 0. The quantitative estimate of drug-likeness (QED) is 0.528. The standard InChI is InChI=1S/C16H14N2O3S/c1-9-4-15(21)18-16(17-9)22-8-14(20)11-3-2-10-6-13(19)7-12(10)5-11/h2-5H,6-8H2,1H3,(H,17,18,21). The number of carbonyl (C=O) groups excluding carboxylic acids is 2. The first-order valence-corrected chi connectivity index (χ1v) is 7.87. The maximum atomic E-state index is 12.2. The molecule has 112 valence electrons. The number of H-pyrrole nitrogens is 1. The van der Waals surface area contributed by atoms with E-state index in [1.54, 1.807) is 19.1 Å². The molecule has 0 saturated heterocycles. The first-order chi connectivity index (χ1) is 10.5. The third-order valence-corrected chi connectivity index (χ3v) is 4.36. The van der Waals surface area contributed by atoms with Gasteiger partial charge in [0.05, 0.1) is 5.75 Å². The van der Waals surface area contributed by atoms with Crippen LogP contribution in [0.1, 0.15) is 27.2 Å². The third-order valence-electron chi connectivity index (χ3n) is 3.49. The highest BCUT2D eigenvalue weighted by molar-refractivity contribution is 7.99. The van der Waals surface area contributed by atoms with Crippen LogP contribution in [-0.2, 0) is 17.6 Å². The SMILES string of the molecule is Cc1cc(=O)[nH]c(SCC(=O)c2ccc3c(c2)CC(=O)C3)n1. The largest absolute Gasteiger partial charge is 0.301 e. The van der Waals surface area contributed by atoms with Crippen LogP contribution in [0.3, 0.4) is 0 Å². The summed E-state index contributed by atoms with van der Waals surface area (Å²) in [7, 11) is 0. The van der Waals surface area contributed by atoms with Gasteiger partial charge in [-0.25, -0.2) is 4.98 Å². The molecular formula is C16H14N2O3S. The Labute approximate surface area is 131 Å². The zero-order valence-electron chi connectivity index (χ0n) is 12.0. The van der Waals surface area contributed by atoms with Crippen molar-refractivity contribution in [3.63, 3.8) is 0 Å². The number of thioether (sulfide) groups is 1. The first kappa shape index (κ1) is 14.7. The Morgan fingerprint density at radius 1 is 1.23 bits per heavy atom. The molecule has 0 saturated carbocycles. The molecule has 1 heterocycles. The number of rotatable bonds is 4. The Morgan fingerprint density at radius 2 is 2.00 bits per heavy atom. The molecule has 1 N–H and O–H groups in total. The molecule has 1 aliphatic rings. The van der Waals surface area contributed by atoms with Gasteiger partial charge < -0.3 is 4.98 Å². The second-order valence-electron chi connectivity index (χ2n) is 5.28. The highest BCUT2D eigenvalue weighted by atomic mass is 32.2. The summed E-state index contributed by atoms with van der Waals surface area (Å²) in [6.45, 7) is 1.73. The third kappa shape index (κ3) is 3.17. The summed E-state index contributed by atoms with van der Waals surface area (Å²) >= 11 is 1.20. The molecular weight excluding hydrogens is 300 g/mol. The van der Waals surface area contributed by atoms with E-state index in [-0.39, 0.29) is 22.9 Å². The van der Waals surface area contributed by atoms with Crippen LogP contribution < -0.4 is 5.56 Å². The number of aryl methyl sites for hydroxylation is 1. The van der Waals surface area contributed by atoms with Crippen LogP contribution in [0.15, 0.2) is 34.2 Å². The van der Waals surface area contributed by atoms with Gasteiger partial charge in [-0.1, -0.05) is 23.9 Å². The lowest BCUT2D eigenvalue weighted by Gasteiger charge is -2.04. The number of hydrogen-bond donors (Lipinski definition) is 1. The summed E-state index contributed by atoms with van der Waals surface area (Å²) in [4.78, 5) is 41.8. The average Bonchev–Trinajstić information content (AvgIpc) is 2.82. The number of benzene rings is 1. The molecule has 3 rings (SSSR count). The second kappa shape index (κ2) is 5.88. The van der Waals surface area contributed by atoms with Gasteiger partial charge in [0.2, 0.25) is 0 Å². The molecule has 2 aromatic rings. The Morgan fingerprint density at radius 3 is 2.77 bits per heavy atom. The van der Waals surface area contributed by atoms with Crippen LogP contribution in [0.5, 0.6) is 0 Å². The lowest BCUT2D eigenvalue weighted by atomic mass is 10.0. The molecule has 0 amide bonds. The fraction of sp³-hybridized carbons (Fsp3) is 0.250. The van der Waals surface area contributed by atoms with E-state index in [1.807, 2.05) is 6.07 Å². The zero-order chi connectivity index (χ0) is 15.7. The summed E-state index contributed by atoms with van der Waals surface area (Å²) in [6, 6.07) is 6.82. The molecule has 22 heavy (non-hydrogen) atoms. The molecule has 0 radical (unpaired) electrons. The number of nitrogens with zero attached hydrogens (tertiary/aromatic N) is 1. The van der Waals surface area contributed by atoms with E-state index in [9.17, 15) is 14.4 Å². The van der Waals surface area contributed by atoms with Gasteiger partial charge in [-0.15, -0.1) is 0 Å². The minimum atomic E-state index is -0.224. The number of aromatic amines is 1. The topological polar surface area (TPSA) is 79.9 Å². The predicted molar refractivity (Wildman–Crippen MR) is 83.5 cm³/mol. The molecule has 1 aromatic carbocycles. The second-order valence-corrected chi connectivity index (χ2v) is 6.24. The van der Waals surface area contributed by atoms with Gasteiger partial charge in [-0.2, -0.15) is 0 Å². The fourth-order valence-corrected chi connectivity index (χ4v) is 3.28. The van der Waals surface area contributed by atoms with Crippen molar-refractivity contribution in [2.24, 2.45) is 0 Å². The van der Waals surface area contributed by atoms with Gasteiger partial charge in [0, 0.05) is 30.2 Å². The van der Waals surface area contributed by atoms with Gasteiger partial charge in [0.15, 0.2) is 10.9 Å². The Kier molecular flexibility index (Phi) is 3.94. The van der Waals surface area contributed by atoms with Crippen molar-refractivity contribution >= 4 is 23.3 Å². The number of aromatic nitrogens is 2. The lowest BCUT2D eigenvalue weighted by Crippen LogP contribution is -2.10. The Balaban J connectivity index is 1.71. The van der Waals surface area contributed by atoms with Crippen LogP contribution in [0, 0.1) is 6.92 Å². The summed E-state index contributed by atoms with van der Waals surface area (Å²) in [5.41, 5.74) is 2.95. The van der Waals surface area contributed by atoms with Crippen LogP contribution in [-0.4, -0.2) is 27.3 Å². The molecule has 0 atom stereocenters. The number of Topliss-reactive ketones (excluding diaryl/α,β-unsaturated/α-hetero) is 2. The van der Waals surface area contributed by atoms with Crippen molar-refractivity contribution < 1.29 is 9.59 Å². The van der Waals surface area contributed by atoms with Crippen molar-refractivity contribution in [3.05, 3.63) is 57.0 Å². The molecule has 0 unspecified atom stereocenters. The van der Waals surface area contributed by atoms with E-state index in [0.717, 1.165) is 11.1 Å². The summed E-state index contributed by atoms with van der Waals surface area (Å²) in [5, 5.41) is 0.440. The van der Waals surface area contributed by atoms with Crippen LogP contribution in [0.25, 0.3) is 0 Å². The van der Waals surface area contributed by atoms with Crippen molar-refractivity contribution in [3.8, 4) is 0 Å². The maximum absolute atomic E-state index is 12.2. The fourth-order valence-electron chi connectivity index (χ4n) is 2.46. The van der Waals surface area contributed by atoms with E-state index >= 15 is 0 Å². The van der Waals surface area contributed by atoms with Crippen molar-refractivity contribution in [1.29, 1.82) is 0 Å². The highest BCUT2D eigenvalue weighted by Crippen LogP contribution is 2.22. The molecule has 5 nitrogen and oxygen atoms in total. The van der Waals surface area contributed by atoms with E-state index in [1.165, 1.54) is 17.8 Å². The van der Waals surface area contributed by atoms with Gasteiger partial charge in [-0.3, -0.25) is 14.4 Å². The number of ketones is 2. The van der Waals surface area contributed by atoms with Gasteiger partial charge in [-0.05, 0) is 24.1 Å². The van der Waals surface area contributed by atoms with Gasteiger partial charge in [0.1, 0.15) is 5.78 Å². The Bertz CT molecular complexity index is 826. The van der Waals surface area contributed by atoms with Crippen LogP contribution >= 0.6 is 11.8 Å². The lowest BCUT2D eigenvalue weighted by molar-refractivity contribution is -0.117. The zero-order valence-corrected chi connectivity index (χ0v) is 12.8. The molecule has 0 spiro atoms. The van der Waals surface area contributed by atoms with E-state index in [4.69, 9.17) is 0 Å². The normalized spacial score (nSPS) is 13.2. The van der Waals surface area contributed by atoms with E-state index in [2.05, 4.69) is 9.97 Å². The van der Waals surface area contributed by atoms with Crippen molar-refractivity contribution in [1.82, 2.24) is 9.97 Å². The minimum absolute atomic E-state index is 0.0451. The molecule has 6 heteroatoms. The van der Waals surface area contributed by atoms with Crippen LogP contribution in [0.2, 0.25) is 0 Å². The number of nitrogens with one attached hydrogen (secondary N) is 1. The minimum Gasteiger partial charge on any atom is -0.301 e. The molecule has 0 fully saturated rings. The smallest absolute Gasteiger partial charge is 0.251 e. The first-order valence-electron chi connectivity index (χ1n) is 6.89. The van der Waals surface area contributed by atoms with E-state index < -0.39 is 0 Å². The maximum Gasteiger partial charge on any atom is 0.251 e. The average molecular weight is 314 g/mol. The van der Waals surface area contributed by atoms with Crippen molar-refractivity contribution in [2.45, 2.75) is 24.9 Å².